The van der Waals surface area contributed by atoms with Crippen molar-refractivity contribution in [3.05, 3.63) is 30.1 Å². The van der Waals surface area contributed by atoms with Crippen molar-refractivity contribution in [2.45, 2.75) is 110 Å². The first-order valence-corrected chi connectivity index (χ1v) is 12.4. The Labute approximate surface area is 189 Å². The van der Waals surface area contributed by atoms with Gasteiger partial charge in [-0.05, 0) is 18.6 Å². The molecule has 0 aliphatic carbocycles. The Morgan fingerprint density at radius 1 is 0.871 bits per heavy atom. The van der Waals surface area contributed by atoms with E-state index in [4.69, 9.17) is 10.5 Å². The number of nitrogens with zero attached hydrogens (tertiary/aromatic N) is 3. The normalized spacial score (nSPS) is 11.7. The highest BCUT2D eigenvalue weighted by Crippen LogP contribution is 2.24. The first-order valence-electron chi connectivity index (χ1n) is 12.4. The Morgan fingerprint density at radius 2 is 1.45 bits per heavy atom. The summed E-state index contributed by atoms with van der Waals surface area (Å²) in [6.07, 6.45) is 18.0. The molecule has 0 amide bonds. The fourth-order valence-electron chi connectivity index (χ4n) is 3.66. The van der Waals surface area contributed by atoms with Gasteiger partial charge in [0.05, 0.1) is 18.5 Å². The van der Waals surface area contributed by atoms with E-state index in [0.717, 1.165) is 24.5 Å². The van der Waals surface area contributed by atoms with Crippen LogP contribution >= 0.6 is 0 Å². The van der Waals surface area contributed by atoms with Crippen molar-refractivity contribution in [1.82, 2.24) is 14.8 Å². The minimum atomic E-state index is -0.0450. The molecule has 2 N–H and O–H groups in total. The van der Waals surface area contributed by atoms with Gasteiger partial charge in [-0.3, -0.25) is 0 Å². The molecular weight excluding hydrogens is 384 g/mol. The number of nitrogen functional groups attached to an aromatic ring is 1. The van der Waals surface area contributed by atoms with E-state index in [0.29, 0.717) is 11.6 Å². The van der Waals surface area contributed by atoms with Crippen molar-refractivity contribution in [3.63, 3.8) is 0 Å². The summed E-state index contributed by atoms with van der Waals surface area (Å²) in [4.78, 5) is 4.48. The van der Waals surface area contributed by atoms with E-state index in [2.05, 4.69) is 37.8 Å². The van der Waals surface area contributed by atoms with Crippen LogP contribution in [0.15, 0.2) is 24.4 Å². The molecule has 174 valence electrons. The van der Waals surface area contributed by atoms with Crippen molar-refractivity contribution in [2.24, 2.45) is 0 Å². The van der Waals surface area contributed by atoms with Crippen LogP contribution in [0.4, 0.5) is 5.82 Å². The van der Waals surface area contributed by atoms with Crippen molar-refractivity contribution >= 4 is 5.82 Å². The van der Waals surface area contributed by atoms with Gasteiger partial charge in [-0.25, -0.2) is 4.98 Å². The van der Waals surface area contributed by atoms with Crippen molar-refractivity contribution in [1.29, 1.82) is 0 Å². The molecule has 2 rings (SSSR count). The zero-order valence-electron chi connectivity index (χ0n) is 20.3. The molecule has 0 atom stereocenters. The largest absolute Gasteiger partial charge is 0.492 e. The van der Waals surface area contributed by atoms with Crippen LogP contribution in [0.5, 0.6) is 5.75 Å². The Balaban J connectivity index is 1.57. The molecule has 0 saturated carbocycles. The monoisotopic (exact) mass is 428 g/mol. The SMILES string of the molecule is CCCCCCCCCCCCCCOc1ccc(-n2nc(C(C)(C)C)cc2N)nc1. The number of aromatic nitrogens is 3. The molecule has 2 heterocycles. The standard InChI is InChI=1S/C26H44N4O/c1-5-6-7-8-9-10-11-12-13-14-15-16-19-31-22-17-18-25(28-21-22)30-24(27)20-23(29-30)26(2,3)4/h17-18,20-21H,5-16,19,27H2,1-4H3. The van der Waals surface area contributed by atoms with Crippen LogP contribution in [0.2, 0.25) is 0 Å². The molecule has 0 aromatic carbocycles. The third-order valence-electron chi connectivity index (χ3n) is 5.71. The number of ether oxygens (including phenoxy) is 1. The van der Waals surface area contributed by atoms with E-state index in [9.17, 15) is 0 Å². The van der Waals surface area contributed by atoms with Gasteiger partial charge in [0, 0.05) is 11.5 Å². The summed E-state index contributed by atoms with van der Waals surface area (Å²) in [5.41, 5.74) is 7.04. The molecule has 2 aromatic heterocycles. The van der Waals surface area contributed by atoms with Gasteiger partial charge in [0.15, 0.2) is 5.82 Å². The van der Waals surface area contributed by atoms with Gasteiger partial charge in [-0.15, -0.1) is 0 Å². The van der Waals surface area contributed by atoms with Crippen LogP contribution in [0.1, 0.15) is 110 Å². The molecule has 0 radical (unpaired) electrons. The van der Waals surface area contributed by atoms with Crippen LogP contribution in [-0.2, 0) is 5.41 Å². The summed E-state index contributed by atoms with van der Waals surface area (Å²) < 4.78 is 7.55. The van der Waals surface area contributed by atoms with Crippen LogP contribution < -0.4 is 10.5 Å². The highest BCUT2D eigenvalue weighted by molar-refractivity contribution is 5.41. The maximum Gasteiger partial charge on any atom is 0.155 e. The minimum Gasteiger partial charge on any atom is -0.492 e. The Kier molecular flexibility index (Phi) is 10.9. The van der Waals surface area contributed by atoms with Gasteiger partial charge in [-0.1, -0.05) is 98.3 Å². The molecule has 0 fully saturated rings. The third-order valence-corrected chi connectivity index (χ3v) is 5.71. The number of rotatable bonds is 15. The third kappa shape index (κ3) is 9.32. The molecule has 0 spiro atoms. The van der Waals surface area contributed by atoms with E-state index in [1.807, 2.05) is 18.2 Å². The average molecular weight is 429 g/mol. The molecule has 2 aromatic rings. The number of nitrogens with two attached hydrogens (primary N) is 1. The molecule has 0 saturated heterocycles. The van der Waals surface area contributed by atoms with Crippen LogP contribution in [0, 0.1) is 0 Å². The van der Waals surface area contributed by atoms with Gasteiger partial charge >= 0.3 is 0 Å². The lowest BCUT2D eigenvalue weighted by Gasteiger charge is -2.14. The fourth-order valence-corrected chi connectivity index (χ4v) is 3.66. The van der Waals surface area contributed by atoms with Crippen LogP contribution in [-0.4, -0.2) is 21.4 Å². The summed E-state index contributed by atoms with van der Waals surface area (Å²) in [6, 6.07) is 5.77. The molecular formula is C26H44N4O. The van der Waals surface area contributed by atoms with Crippen molar-refractivity contribution in [3.8, 4) is 11.6 Å². The van der Waals surface area contributed by atoms with E-state index < -0.39 is 0 Å². The Morgan fingerprint density at radius 3 is 1.94 bits per heavy atom. The first kappa shape index (κ1) is 25.2. The fraction of sp³-hybridized carbons (Fsp3) is 0.692. The molecule has 0 aliphatic rings. The second kappa shape index (κ2) is 13.4. The maximum absolute atomic E-state index is 6.13. The lowest BCUT2D eigenvalue weighted by Crippen LogP contribution is -2.13. The van der Waals surface area contributed by atoms with E-state index >= 15 is 0 Å². The lowest BCUT2D eigenvalue weighted by atomic mass is 9.92. The second-order valence-corrected chi connectivity index (χ2v) is 9.71. The van der Waals surface area contributed by atoms with Crippen LogP contribution in [0.25, 0.3) is 5.82 Å². The van der Waals surface area contributed by atoms with Gasteiger partial charge in [0.2, 0.25) is 0 Å². The van der Waals surface area contributed by atoms with Crippen molar-refractivity contribution in [2.75, 3.05) is 12.3 Å². The van der Waals surface area contributed by atoms with E-state index in [1.165, 1.54) is 70.6 Å². The topological polar surface area (TPSA) is 66.0 Å². The number of hydrogen-bond acceptors (Lipinski definition) is 4. The lowest BCUT2D eigenvalue weighted by molar-refractivity contribution is 0.303. The molecule has 31 heavy (non-hydrogen) atoms. The number of pyridine rings is 1. The second-order valence-electron chi connectivity index (χ2n) is 9.71. The quantitative estimate of drug-likeness (QED) is 0.304. The van der Waals surface area contributed by atoms with Gasteiger partial charge < -0.3 is 10.5 Å². The van der Waals surface area contributed by atoms with Crippen molar-refractivity contribution < 1.29 is 4.74 Å². The number of unbranched alkanes of at least 4 members (excludes halogenated alkanes) is 11. The molecule has 5 nitrogen and oxygen atoms in total. The predicted molar refractivity (Wildman–Crippen MR) is 131 cm³/mol. The highest BCUT2D eigenvalue weighted by Gasteiger charge is 2.19. The summed E-state index contributed by atoms with van der Waals surface area (Å²) in [6.45, 7) is 9.40. The Hall–Kier alpha value is -2.04. The highest BCUT2D eigenvalue weighted by atomic mass is 16.5. The predicted octanol–water partition coefficient (Wildman–Crippen LogP) is 7.23. The summed E-state index contributed by atoms with van der Waals surface area (Å²) in [5.74, 6) is 2.11. The van der Waals surface area contributed by atoms with Crippen LogP contribution in [0.3, 0.4) is 0 Å². The van der Waals surface area contributed by atoms with E-state index in [1.54, 1.807) is 10.9 Å². The van der Waals surface area contributed by atoms with Gasteiger partial charge in [0.25, 0.3) is 0 Å². The molecule has 0 aliphatic heterocycles. The van der Waals surface area contributed by atoms with E-state index in [-0.39, 0.29) is 5.41 Å². The maximum atomic E-state index is 6.13. The summed E-state index contributed by atoms with van der Waals surface area (Å²) >= 11 is 0. The molecule has 5 heteroatoms. The first-order chi connectivity index (χ1) is 14.9. The minimum absolute atomic E-state index is 0.0450. The van der Waals surface area contributed by atoms with Gasteiger partial charge in [-0.2, -0.15) is 9.78 Å². The number of anilines is 1. The summed E-state index contributed by atoms with van der Waals surface area (Å²) in [7, 11) is 0. The molecule has 0 unspecified atom stereocenters. The number of hydrogen-bond donors (Lipinski definition) is 1. The molecule has 0 bridgehead atoms. The zero-order chi connectivity index (χ0) is 22.5. The zero-order valence-corrected chi connectivity index (χ0v) is 20.3. The smallest absolute Gasteiger partial charge is 0.155 e. The Bertz CT molecular complexity index is 731. The summed E-state index contributed by atoms with van der Waals surface area (Å²) in [5, 5.41) is 4.61. The average Bonchev–Trinajstić information content (AvgIpc) is 3.14. The van der Waals surface area contributed by atoms with Gasteiger partial charge in [0.1, 0.15) is 11.6 Å².